The quantitative estimate of drug-likeness (QED) is 0.833. The molecule has 0 spiro atoms. The van der Waals surface area contributed by atoms with Gasteiger partial charge < -0.3 is 10.4 Å². The summed E-state index contributed by atoms with van der Waals surface area (Å²) >= 11 is 0. The molecular formula is C17H14FNO2. The van der Waals surface area contributed by atoms with Crippen molar-refractivity contribution in [2.75, 3.05) is 11.9 Å². The Bertz CT molecular complexity index is 712. The maximum absolute atomic E-state index is 12.8. The van der Waals surface area contributed by atoms with Crippen LogP contribution in [-0.2, 0) is 0 Å². The maximum atomic E-state index is 12.8. The molecule has 21 heavy (non-hydrogen) atoms. The number of aliphatic hydroxyl groups is 1. The second kappa shape index (κ2) is 6.69. The highest BCUT2D eigenvalue weighted by molar-refractivity contribution is 6.04. The van der Waals surface area contributed by atoms with Crippen LogP contribution in [0.1, 0.15) is 21.5 Å². The van der Waals surface area contributed by atoms with E-state index in [0.29, 0.717) is 11.3 Å². The Hall–Kier alpha value is -2.64. The van der Waals surface area contributed by atoms with E-state index in [4.69, 9.17) is 5.11 Å². The molecule has 0 atom stereocenters. The summed E-state index contributed by atoms with van der Waals surface area (Å²) in [5, 5.41) is 11.4. The van der Waals surface area contributed by atoms with Crippen LogP contribution in [0.2, 0.25) is 0 Å². The molecule has 0 aliphatic carbocycles. The fourth-order valence-corrected chi connectivity index (χ4v) is 1.82. The summed E-state index contributed by atoms with van der Waals surface area (Å²) in [6.45, 7) is 1.66. The van der Waals surface area contributed by atoms with Gasteiger partial charge in [-0.2, -0.15) is 0 Å². The van der Waals surface area contributed by atoms with Gasteiger partial charge in [0.05, 0.1) is 0 Å². The van der Waals surface area contributed by atoms with Gasteiger partial charge in [0.1, 0.15) is 12.4 Å². The Kier molecular flexibility index (Phi) is 4.70. The Balaban J connectivity index is 2.16. The highest BCUT2D eigenvalue weighted by atomic mass is 19.1. The first-order valence-electron chi connectivity index (χ1n) is 6.37. The van der Waals surface area contributed by atoms with Crippen molar-refractivity contribution in [3.8, 4) is 11.8 Å². The van der Waals surface area contributed by atoms with E-state index >= 15 is 0 Å². The maximum Gasteiger partial charge on any atom is 0.255 e. The van der Waals surface area contributed by atoms with Crippen LogP contribution < -0.4 is 5.32 Å². The molecule has 0 aromatic heterocycles. The summed E-state index contributed by atoms with van der Waals surface area (Å²) in [5.74, 6) is 4.69. The van der Waals surface area contributed by atoms with Crippen LogP contribution in [0.25, 0.3) is 0 Å². The standard InChI is InChI=1S/C17H14FNO2/c1-12-11-13(3-2-10-20)4-9-16(12)19-17(21)14-5-7-15(18)8-6-14/h4-9,11,20H,10H2,1H3,(H,19,21). The molecule has 2 aromatic rings. The lowest BCUT2D eigenvalue weighted by atomic mass is 10.1. The van der Waals surface area contributed by atoms with Crippen molar-refractivity contribution in [2.24, 2.45) is 0 Å². The van der Waals surface area contributed by atoms with Crippen LogP contribution >= 0.6 is 0 Å². The van der Waals surface area contributed by atoms with Crippen molar-refractivity contribution in [1.82, 2.24) is 0 Å². The molecule has 0 fully saturated rings. The smallest absolute Gasteiger partial charge is 0.255 e. The molecule has 0 heterocycles. The first kappa shape index (κ1) is 14.8. The predicted molar refractivity (Wildman–Crippen MR) is 79.5 cm³/mol. The molecule has 0 aliphatic heterocycles. The number of amides is 1. The molecule has 0 bridgehead atoms. The summed E-state index contributed by atoms with van der Waals surface area (Å²) in [5.41, 5.74) is 2.68. The van der Waals surface area contributed by atoms with Gasteiger partial charge in [-0.3, -0.25) is 4.79 Å². The van der Waals surface area contributed by atoms with Gasteiger partial charge in [0.2, 0.25) is 0 Å². The van der Waals surface area contributed by atoms with Gasteiger partial charge in [-0.15, -0.1) is 0 Å². The highest BCUT2D eigenvalue weighted by Gasteiger charge is 2.08. The number of aryl methyl sites for hydroxylation is 1. The van der Waals surface area contributed by atoms with Crippen molar-refractivity contribution in [3.05, 3.63) is 65.0 Å². The zero-order valence-electron chi connectivity index (χ0n) is 11.5. The van der Waals surface area contributed by atoms with Crippen LogP contribution in [0.5, 0.6) is 0 Å². The SMILES string of the molecule is Cc1cc(C#CCO)ccc1NC(=O)c1ccc(F)cc1. The molecule has 0 saturated heterocycles. The first-order valence-corrected chi connectivity index (χ1v) is 6.37. The van der Waals surface area contributed by atoms with E-state index in [1.165, 1.54) is 24.3 Å². The van der Waals surface area contributed by atoms with Crippen molar-refractivity contribution < 1.29 is 14.3 Å². The molecule has 0 aliphatic rings. The average molecular weight is 283 g/mol. The molecule has 2 aromatic carbocycles. The third-order valence-corrected chi connectivity index (χ3v) is 2.89. The normalized spacial score (nSPS) is 9.67. The average Bonchev–Trinajstić information content (AvgIpc) is 2.48. The van der Waals surface area contributed by atoms with Crippen LogP contribution in [0.3, 0.4) is 0 Å². The second-order valence-electron chi connectivity index (χ2n) is 4.45. The van der Waals surface area contributed by atoms with Crippen molar-refractivity contribution in [2.45, 2.75) is 6.92 Å². The minimum atomic E-state index is -0.380. The second-order valence-corrected chi connectivity index (χ2v) is 4.45. The lowest BCUT2D eigenvalue weighted by Crippen LogP contribution is -2.12. The fraction of sp³-hybridized carbons (Fsp3) is 0.118. The summed E-state index contributed by atoms with van der Waals surface area (Å²) in [6, 6.07) is 10.7. The van der Waals surface area contributed by atoms with Gasteiger partial charge in [-0.05, 0) is 55.0 Å². The van der Waals surface area contributed by atoms with Crippen LogP contribution in [-0.4, -0.2) is 17.6 Å². The molecule has 3 nitrogen and oxygen atoms in total. The van der Waals surface area contributed by atoms with E-state index in [9.17, 15) is 9.18 Å². The minimum Gasteiger partial charge on any atom is -0.384 e. The van der Waals surface area contributed by atoms with E-state index in [0.717, 1.165) is 11.1 Å². The van der Waals surface area contributed by atoms with E-state index < -0.39 is 0 Å². The topological polar surface area (TPSA) is 49.3 Å². The third-order valence-electron chi connectivity index (χ3n) is 2.89. The summed E-state index contributed by atoms with van der Waals surface area (Å²) < 4.78 is 12.8. The molecule has 1 amide bonds. The minimum absolute atomic E-state index is 0.192. The van der Waals surface area contributed by atoms with Crippen LogP contribution in [0.15, 0.2) is 42.5 Å². The predicted octanol–water partition coefficient (Wildman–Crippen LogP) is 2.73. The molecule has 2 N–H and O–H groups in total. The van der Waals surface area contributed by atoms with Gasteiger partial charge in [-0.1, -0.05) is 11.8 Å². The number of anilines is 1. The van der Waals surface area contributed by atoms with E-state index in [2.05, 4.69) is 17.2 Å². The number of hydrogen-bond acceptors (Lipinski definition) is 2. The highest BCUT2D eigenvalue weighted by Crippen LogP contribution is 2.17. The Morgan fingerprint density at radius 1 is 1.24 bits per heavy atom. The molecule has 0 radical (unpaired) electrons. The van der Waals surface area contributed by atoms with E-state index in [1.807, 2.05) is 13.0 Å². The van der Waals surface area contributed by atoms with E-state index in [-0.39, 0.29) is 18.3 Å². The van der Waals surface area contributed by atoms with Crippen LogP contribution in [0.4, 0.5) is 10.1 Å². The van der Waals surface area contributed by atoms with Gasteiger partial charge >= 0.3 is 0 Å². The third kappa shape index (κ3) is 3.91. The van der Waals surface area contributed by atoms with E-state index in [1.54, 1.807) is 12.1 Å². The lowest BCUT2D eigenvalue weighted by molar-refractivity contribution is 0.102. The van der Waals surface area contributed by atoms with Gasteiger partial charge in [-0.25, -0.2) is 4.39 Å². The Morgan fingerprint density at radius 2 is 1.95 bits per heavy atom. The lowest BCUT2D eigenvalue weighted by Gasteiger charge is -2.09. The molecule has 106 valence electrons. The summed E-state index contributed by atoms with van der Waals surface area (Å²) in [4.78, 5) is 12.0. The zero-order valence-corrected chi connectivity index (χ0v) is 11.5. The van der Waals surface area contributed by atoms with Gasteiger partial charge in [0.25, 0.3) is 5.91 Å². The monoisotopic (exact) mass is 283 g/mol. The van der Waals surface area contributed by atoms with Crippen molar-refractivity contribution >= 4 is 11.6 Å². The molecule has 4 heteroatoms. The van der Waals surface area contributed by atoms with Crippen molar-refractivity contribution in [3.63, 3.8) is 0 Å². The number of aliphatic hydroxyl groups excluding tert-OH is 1. The summed E-state index contributed by atoms with van der Waals surface area (Å²) in [7, 11) is 0. The number of carbonyl (C=O) groups is 1. The number of hydrogen-bond donors (Lipinski definition) is 2. The molecule has 0 saturated carbocycles. The van der Waals surface area contributed by atoms with Crippen molar-refractivity contribution in [1.29, 1.82) is 0 Å². The number of rotatable bonds is 2. The molecular weight excluding hydrogens is 269 g/mol. The van der Waals surface area contributed by atoms with Crippen LogP contribution in [0, 0.1) is 24.6 Å². The largest absolute Gasteiger partial charge is 0.384 e. The number of nitrogens with one attached hydrogen (secondary N) is 1. The molecule has 0 unspecified atom stereocenters. The fourth-order valence-electron chi connectivity index (χ4n) is 1.82. The molecule has 2 rings (SSSR count). The van der Waals surface area contributed by atoms with Gasteiger partial charge in [0.15, 0.2) is 0 Å². The Labute approximate surface area is 122 Å². The number of benzene rings is 2. The zero-order chi connectivity index (χ0) is 15.2. The summed E-state index contributed by atoms with van der Waals surface area (Å²) in [6.07, 6.45) is 0. The van der Waals surface area contributed by atoms with Gasteiger partial charge in [0, 0.05) is 16.8 Å². The number of halogens is 1. The number of carbonyl (C=O) groups excluding carboxylic acids is 1. The Morgan fingerprint density at radius 3 is 2.57 bits per heavy atom. The first-order chi connectivity index (χ1) is 10.1.